The highest BCUT2D eigenvalue weighted by Gasteiger charge is 2.10. The van der Waals surface area contributed by atoms with Gasteiger partial charge in [-0.15, -0.1) is 0 Å². The van der Waals surface area contributed by atoms with Gasteiger partial charge in [0.1, 0.15) is 5.76 Å². The van der Waals surface area contributed by atoms with Crippen LogP contribution in [0.3, 0.4) is 0 Å². The third-order valence-corrected chi connectivity index (χ3v) is 2.29. The number of nitrogens with one attached hydrogen (secondary N) is 1. The average Bonchev–Trinajstić information content (AvgIpc) is 2.84. The first-order valence-corrected chi connectivity index (χ1v) is 5.64. The Bertz CT molecular complexity index is 722. The maximum atomic E-state index is 11.8. The molecule has 0 saturated heterocycles. The SMILES string of the molecule is Cc1cc(C(=O)Nc2cccc(C#CC(=O)O)c2)no1. The lowest BCUT2D eigenvalue weighted by atomic mass is 10.2. The Balaban J connectivity index is 2.14. The monoisotopic (exact) mass is 270 g/mol. The normalized spacial score (nSPS) is 9.45. The largest absolute Gasteiger partial charge is 0.472 e. The quantitative estimate of drug-likeness (QED) is 0.810. The van der Waals surface area contributed by atoms with Crippen LogP contribution in [-0.4, -0.2) is 22.1 Å². The summed E-state index contributed by atoms with van der Waals surface area (Å²) < 4.78 is 4.81. The van der Waals surface area contributed by atoms with Crippen molar-refractivity contribution in [3.05, 3.63) is 47.3 Å². The van der Waals surface area contributed by atoms with E-state index in [1.54, 1.807) is 31.2 Å². The zero-order chi connectivity index (χ0) is 14.5. The Labute approximate surface area is 114 Å². The molecule has 6 nitrogen and oxygen atoms in total. The lowest BCUT2D eigenvalue weighted by Gasteiger charge is -2.02. The first-order valence-electron chi connectivity index (χ1n) is 5.64. The molecule has 1 amide bonds. The van der Waals surface area contributed by atoms with E-state index in [0.29, 0.717) is 17.0 Å². The van der Waals surface area contributed by atoms with Crippen molar-refractivity contribution < 1.29 is 19.2 Å². The molecule has 1 aromatic heterocycles. The van der Waals surface area contributed by atoms with Crippen molar-refractivity contribution in [2.75, 3.05) is 5.32 Å². The molecule has 100 valence electrons. The molecule has 0 fully saturated rings. The third kappa shape index (κ3) is 3.46. The van der Waals surface area contributed by atoms with Crippen LogP contribution in [-0.2, 0) is 4.79 Å². The molecule has 0 atom stereocenters. The van der Waals surface area contributed by atoms with E-state index >= 15 is 0 Å². The number of hydrogen-bond acceptors (Lipinski definition) is 4. The van der Waals surface area contributed by atoms with Crippen LogP contribution in [0.1, 0.15) is 21.8 Å². The molecule has 2 aromatic rings. The van der Waals surface area contributed by atoms with E-state index in [1.165, 1.54) is 6.07 Å². The zero-order valence-electron chi connectivity index (χ0n) is 10.5. The number of carboxylic acid groups (broad SMARTS) is 1. The third-order valence-electron chi connectivity index (χ3n) is 2.29. The number of rotatable bonds is 2. The molecule has 0 radical (unpaired) electrons. The highest BCUT2D eigenvalue weighted by atomic mass is 16.5. The van der Waals surface area contributed by atoms with Crippen LogP contribution in [0.15, 0.2) is 34.9 Å². The van der Waals surface area contributed by atoms with Crippen LogP contribution < -0.4 is 5.32 Å². The van der Waals surface area contributed by atoms with Gasteiger partial charge in [-0.1, -0.05) is 17.1 Å². The van der Waals surface area contributed by atoms with Gasteiger partial charge < -0.3 is 14.9 Å². The predicted molar refractivity (Wildman–Crippen MR) is 70.1 cm³/mol. The summed E-state index contributed by atoms with van der Waals surface area (Å²) in [6.45, 7) is 1.69. The molecular formula is C14H10N2O4. The molecule has 0 aliphatic carbocycles. The van der Waals surface area contributed by atoms with Crippen molar-refractivity contribution in [2.45, 2.75) is 6.92 Å². The first-order chi connectivity index (χ1) is 9.54. The highest BCUT2D eigenvalue weighted by molar-refractivity contribution is 6.02. The van der Waals surface area contributed by atoms with E-state index in [-0.39, 0.29) is 5.69 Å². The summed E-state index contributed by atoms with van der Waals surface area (Å²) in [5.74, 6) is 3.39. The summed E-state index contributed by atoms with van der Waals surface area (Å²) in [4.78, 5) is 22.2. The Morgan fingerprint density at radius 3 is 2.80 bits per heavy atom. The number of aromatic nitrogens is 1. The summed E-state index contributed by atoms with van der Waals surface area (Å²) in [5, 5.41) is 14.7. The number of anilines is 1. The van der Waals surface area contributed by atoms with Gasteiger partial charge in [-0.3, -0.25) is 4.79 Å². The van der Waals surface area contributed by atoms with Gasteiger partial charge in [0.25, 0.3) is 5.91 Å². The number of nitrogens with zero attached hydrogens (tertiary/aromatic N) is 1. The lowest BCUT2D eigenvalue weighted by Crippen LogP contribution is -2.12. The standard InChI is InChI=1S/C14H10N2O4/c1-9-7-12(16-20-9)14(19)15-11-4-2-3-10(8-11)5-6-13(17)18/h2-4,7-8H,1H3,(H,15,19)(H,17,18). The number of aryl methyl sites for hydroxylation is 1. The summed E-state index contributed by atoms with van der Waals surface area (Å²) in [6, 6.07) is 8.06. The van der Waals surface area contributed by atoms with Crippen LogP contribution in [0.25, 0.3) is 0 Å². The molecule has 0 aliphatic rings. The minimum atomic E-state index is -1.21. The number of aliphatic carboxylic acids is 1. The number of hydrogen-bond donors (Lipinski definition) is 2. The first kappa shape index (κ1) is 13.4. The predicted octanol–water partition coefficient (Wildman–Crippen LogP) is 1.67. The molecule has 0 unspecified atom stereocenters. The molecule has 1 aromatic carbocycles. The second-order valence-corrected chi connectivity index (χ2v) is 3.91. The minimum absolute atomic E-state index is 0.171. The number of benzene rings is 1. The van der Waals surface area contributed by atoms with Gasteiger partial charge in [0.05, 0.1) is 0 Å². The van der Waals surface area contributed by atoms with Crippen LogP contribution in [0.5, 0.6) is 0 Å². The lowest BCUT2D eigenvalue weighted by molar-refractivity contribution is -0.130. The number of carboxylic acids is 1. The van der Waals surface area contributed by atoms with E-state index in [9.17, 15) is 9.59 Å². The average molecular weight is 270 g/mol. The van der Waals surface area contributed by atoms with Crippen molar-refractivity contribution in [3.8, 4) is 11.8 Å². The maximum Gasteiger partial charge on any atom is 0.382 e. The molecule has 1 heterocycles. The zero-order valence-corrected chi connectivity index (χ0v) is 10.5. The van der Waals surface area contributed by atoms with Gasteiger partial charge in [0, 0.05) is 23.2 Å². The molecular weight excluding hydrogens is 260 g/mol. The van der Waals surface area contributed by atoms with Crippen LogP contribution in [0, 0.1) is 18.8 Å². The van der Waals surface area contributed by atoms with Gasteiger partial charge in [-0.2, -0.15) is 0 Å². The summed E-state index contributed by atoms with van der Waals surface area (Å²) in [6.07, 6.45) is 0. The summed E-state index contributed by atoms with van der Waals surface area (Å²) >= 11 is 0. The van der Waals surface area contributed by atoms with E-state index in [0.717, 1.165) is 0 Å². The van der Waals surface area contributed by atoms with Gasteiger partial charge in [-0.25, -0.2) is 4.79 Å². The minimum Gasteiger partial charge on any atom is -0.472 e. The van der Waals surface area contributed by atoms with Crippen LogP contribution in [0.4, 0.5) is 5.69 Å². The van der Waals surface area contributed by atoms with Crippen molar-refractivity contribution in [1.29, 1.82) is 0 Å². The van der Waals surface area contributed by atoms with E-state index in [2.05, 4.69) is 16.4 Å². The second-order valence-electron chi connectivity index (χ2n) is 3.91. The Morgan fingerprint density at radius 1 is 1.35 bits per heavy atom. The molecule has 0 aliphatic heterocycles. The van der Waals surface area contributed by atoms with Crippen LogP contribution >= 0.6 is 0 Å². The highest BCUT2D eigenvalue weighted by Crippen LogP contribution is 2.12. The van der Waals surface area contributed by atoms with Gasteiger partial charge in [0.2, 0.25) is 0 Å². The number of amides is 1. The Hall–Kier alpha value is -3.07. The number of carbonyl (C=O) groups excluding carboxylic acids is 1. The van der Waals surface area contributed by atoms with Gasteiger partial charge >= 0.3 is 5.97 Å². The molecule has 2 N–H and O–H groups in total. The van der Waals surface area contributed by atoms with E-state index < -0.39 is 11.9 Å². The van der Waals surface area contributed by atoms with Gasteiger partial charge in [0.15, 0.2) is 5.69 Å². The molecule has 0 bridgehead atoms. The van der Waals surface area contributed by atoms with Crippen molar-refractivity contribution >= 4 is 17.6 Å². The fourth-order valence-electron chi connectivity index (χ4n) is 1.47. The molecule has 0 spiro atoms. The fourth-order valence-corrected chi connectivity index (χ4v) is 1.47. The number of carbonyl (C=O) groups is 2. The topological polar surface area (TPSA) is 92.4 Å². The van der Waals surface area contributed by atoms with E-state index in [1.807, 2.05) is 5.92 Å². The molecule has 0 saturated carbocycles. The van der Waals surface area contributed by atoms with Gasteiger partial charge in [-0.05, 0) is 25.1 Å². The summed E-state index contributed by atoms with van der Waals surface area (Å²) in [5.41, 5.74) is 1.15. The Kier molecular flexibility index (Phi) is 3.82. The maximum absolute atomic E-state index is 11.8. The summed E-state index contributed by atoms with van der Waals surface area (Å²) in [7, 11) is 0. The van der Waals surface area contributed by atoms with Crippen molar-refractivity contribution in [2.24, 2.45) is 0 Å². The smallest absolute Gasteiger partial charge is 0.382 e. The van der Waals surface area contributed by atoms with Crippen molar-refractivity contribution in [1.82, 2.24) is 5.16 Å². The molecule has 20 heavy (non-hydrogen) atoms. The molecule has 6 heteroatoms. The fraction of sp³-hybridized carbons (Fsp3) is 0.0714. The molecule has 2 rings (SSSR count). The Morgan fingerprint density at radius 2 is 2.15 bits per heavy atom. The van der Waals surface area contributed by atoms with Crippen molar-refractivity contribution in [3.63, 3.8) is 0 Å². The van der Waals surface area contributed by atoms with Crippen LogP contribution in [0.2, 0.25) is 0 Å². The van der Waals surface area contributed by atoms with E-state index in [4.69, 9.17) is 9.63 Å². The second kappa shape index (κ2) is 5.71.